The van der Waals surface area contributed by atoms with Crippen LogP contribution in [-0.2, 0) is 4.79 Å². The van der Waals surface area contributed by atoms with Crippen LogP contribution in [-0.4, -0.2) is 47.9 Å². The summed E-state index contributed by atoms with van der Waals surface area (Å²) in [6.45, 7) is 6.74. The molecule has 0 spiro atoms. The Morgan fingerprint density at radius 2 is 1.94 bits per heavy atom. The van der Waals surface area contributed by atoms with Gasteiger partial charge in [-0.05, 0) is 26.3 Å². The van der Waals surface area contributed by atoms with Gasteiger partial charge in [-0.25, -0.2) is 0 Å². The predicted molar refractivity (Wildman–Crippen MR) is 67.4 cm³/mol. The largest absolute Gasteiger partial charge is 0.341 e. The van der Waals surface area contributed by atoms with Crippen LogP contribution in [0.5, 0.6) is 0 Å². The maximum Gasteiger partial charge on any atom is 0.239 e. The number of carbonyl (C=O) groups excluding carboxylic acids is 1. The maximum atomic E-state index is 12.3. The Hall–Kier alpha value is -1.08. The number of rotatable bonds is 4. The van der Waals surface area contributed by atoms with Crippen molar-refractivity contribution < 1.29 is 4.79 Å². The van der Waals surface area contributed by atoms with Crippen LogP contribution < -0.4 is 0 Å². The molecule has 0 aromatic rings. The molecule has 1 saturated heterocycles. The molecule has 1 atom stereocenters. The van der Waals surface area contributed by atoms with Crippen LogP contribution in [0.25, 0.3) is 0 Å². The second-order valence-electron chi connectivity index (χ2n) is 4.64. The van der Waals surface area contributed by atoms with Crippen LogP contribution >= 0.6 is 0 Å². The third-order valence-electron chi connectivity index (χ3n) is 3.50. The number of amides is 1. The third-order valence-corrected chi connectivity index (χ3v) is 3.50. The lowest BCUT2D eigenvalue weighted by atomic mass is 10.2. The number of hydrogen-bond donors (Lipinski definition) is 0. The van der Waals surface area contributed by atoms with Gasteiger partial charge in [0.05, 0.1) is 18.7 Å². The van der Waals surface area contributed by atoms with Crippen LogP contribution in [0.2, 0.25) is 0 Å². The van der Waals surface area contributed by atoms with E-state index in [-0.39, 0.29) is 11.9 Å². The fourth-order valence-electron chi connectivity index (χ4n) is 2.32. The minimum atomic E-state index is -0.169. The molecule has 0 aromatic carbocycles. The molecule has 0 saturated carbocycles. The molecule has 4 heteroatoms. The average Bonchev–Trinajstić information content (AvgIpc) is 2.63. The van der Waals surface area contributed by atoms with Gasteiger partial charge in [0.2, 0.25) is 5.91 Å². The standard InChI is InChI=1S/C13H23N3O/c1-3-15(11-8-14)12(2)13(17)16-9-6-4-5-7-10-16/h12H,3-7,9-11H2,1-2H3. The molecule has 96 valence electrons. The van der Waals surface area contributed by atoms with Crippen molar-refractivity contribution in [1.82, 2.24) is 9.80 Å². The minimum absolute atomic E-state index is 0.169. The summed E-state index contributed by atoms with van der Waals surface area (Å²) in [6.07, 6.45) is 4.69. The highest BCUT2D eigenvalue weighted by Gasteiger charge is 2.25. The van der Waals surface area contributed by atoms with E-state index < -0.39 is 0 Å². The maximum absolute atomic E-state index is 12.3. The van der Waals surface area contributed by atoms with E-state index in [1.807, 2.05) is 23.6 Å². The normalized spacial score (nSPS) is 18.6. The molecule has 1 heterocycles. The molecular formula is C13H23N3O. The summed E-state index contributed by atoms with van der Waals surface area (Å²) < 4.78 is 0. The molecule has 1 aliphatic rings. The number of likely N-dealkylation sites (N-methyl/N-ethyl adjacent to an activating group) is 1. The van der Waals surface area contributed by atoms with E-state index in [4.69, 9.17) is 5.26 Å². The Morgan fingerprint density at radius 1 is 1.35 bits per heavy atom. The average molecular weight is 237 g/mol. The van der Waals surface area contributed by atoms with Gasteiger partial charge in [0.25, 0.3) is 0 Å². The fourth-order valence-corrected chi connectivity index (χ4v) is 2.32. The topological polar surface area (TPSA) is 47.3 Å². The smallest absolute Gasteiger partial charge is 0.239 e. The number of nitriles is 1. The second-order valence-corrected chi connectivity index (χ2v) is 4.64. The highest BCUT2D eigenvalue weighted by atomic mass is 16.2. The molecule has 1 amide bonds. The molecule has 1 aliphatic heterocycles. The van der Waals surface area contributed by atoms with Gasteiger partial charge in [-0.1, -0.05) is 19.8 Å². The quantitative estimate of drug-likeness (QED) is 0.698. The van der Waals surface area contributed by atoms with Gasteiger partial charge in [-0.2, -0.15) is 5.26 Å². The molecule has 17 heavy (non-hydrogen) atoms. The molecule has 0 aromatic heterocycles. The summed E-state index contributed by atoms with van der Waals surface area (Å²) in [5.41, 5.74) is 0. The SMILES string of the molecule is CCN(CC#N)C(C)C(=O)N1CCCCCC1. The van der Waals surface area contributed by atoms with Gasteiger partial charge >= 0.3 is 0 Å². The third kappa shape index (κ3) is 4.01. The lowest BCUT2D eigenvalue weighted by Gasteiger charge is -2.30. The molecule has 1 rings (SSSR count). The van der Waals surface area contributed by atoms with Crippen molar-refractivity contribution in [2.45, 2.75) is 45.6 Å². The van der Waals surface area contributed by atoms with Crippen LogP contribution in [0, 0.1) is 11.3 Å². The number of hydrogen-bond acceptors (Lipinski definition) is 3. The number of nitrogens with zero attached hydrogens (tertiary/aromatic N) is 3. The highest BCUT2D eigenvalue weighted by molar-refractivity contribution is 5.81. The highest BCUT2D eigenvalue weighted by Crippen LogP contribution is 2.12. The Kier molecular flexibility index (Phi) is 5.99. The van der Waals surface area contributed by atoms with Gasteiger partial charge in [0.1, 0.15) is 0 Å². The second kappa shape index (κ2) is 7.29. The van der Waals surface area contributed by atoms with Gasteiger partial charge in [0.15, 0.2) is 0 Å². The monoisotopic (exact) mass is 237 g/mol. The van der Waals surface area contributed by atoms with Crippen molar-refractivity contribution in [3.8, 4) is 6.07 Å². The van der Waals surface area contributed by atoms with Crippen molar-refractivity contribution in [3.05, 3.63) is 0 Å². The van der Waals surface area contributed by atoms with Gasteiger partial charge in [-0.3, -0.25) is 9.69 Å². The molecule has 1 unspecified atom stereocenters. The van der Waals surface area contributed by atoms with Crippen molar-refractivity contribution >= 4 is 5.91 Å². The zero-order chi connectivity index (χ0) is 12.7. The van der Waals surface area contributed by atoms with Crippen molar-refractivity contribution in [2.75, 3.05) is 26.2 Å². The first-order chi connectivity index (χ1) is 8.20. The zero-order valence-corrected chi connectivity index (χ0v) is 11.0. The van der Waals surface area contributed by atoms with Crippen LogP contribution in [0.15, 0.2) is 0 Å². The van der Waals surface area contributed by atoms with E-state index in [2.05, 4.69) is 6.07 Å². The van der Waals surface area contributed by atoms with E-state index in [0.717, 1.165) is 32.5 Å². The molecule has 4 nitrogen and oxygen atoms in total. The van der Waals surface area contributed by atoms with Gasteiger partial charge in [0, 0.05) is 13.1 Å². The van der Waals surface area contributed by atoms with E-state index in [0.29, 0.717) is 6.54 Å². The molecule has 0 bridgehead atoms. The van der Waals surface area contributed by atoms with E-state index >= 15 is 0 Å². The minimum Gasteiger partial charge on any atom is -0.341 e. The first-order valence-electron chi connectivity index (χ1n) is 6.60. The number of carbonyl (C=O) groups is 1. The van der Waals surface area contributed by atoms with Gasteiger partial charge in [-0.15, -0.1) is 0 Å². The van der Waals surface area contributed by atoms with Crippen LogP contribution in [0.1, 0.15) is 39.5 Å². The molecule has 0 N–H and O–H groups in total. The first-order valence-corrected chi connectivity index (χ1v) is 6.60. The molecule has 1 fully saturated rings. The summed E-state index contributed by atoms with van der Waals surface area (Å²) in [7, 11) is 0. The van der Waals surface area contributed by atoms with Crippen molar-refractivity contribution in [3.63, 3.8) is 0 Å². The van der Waals surface area contributed by atoms with E-state index in [9.17, 15) is 4.79 Å². The van der Waals surface area contributed by atoms with Gasteiger partial charge < -0.3 is 4.90 Å². The fraction of sp³-hybridized carbons (Fsp3) is 0.846. The lowest BCUT2D eigenvalue weighted by Crippen LogP contribution is -2.47. The predicted octanol–water partition coefficient (Wildman–Crippen LogP) is 1.62. The van der Waals surface area contributed by atoms with Crippen LogP contribution in [0.4, 0.5) is 0 Å². The Balaban J connectivity index is 2.57. The molecule has 0 radical (unpaired) electrons. The summed E-state index contributed by atoms with van der Waals surface area (Å²) in [6, 6.07) is 1.96. The summed E-state index contributed by atoms with van der Waals surface area (Å²) in [5.74, 6) is 0.184. The lowest BCUT2D eigenvalue weighted by molar-refractivity contribution is -0.136. The summed E-state index contributed by atoms with van der Waals surface area (Å²) >= 11 is 0. The van der Waals surface area contributed by atoms with Crippen LogP contribution in [0.3, 0.4) is 0 Å². The Morgan fingerprint density at radius 3 is 2.41 bits per heavy atom. The number of likely N-dealkylation sites (tertiary alicyclic amines) is 1. The zero-order valence-electron chi connectivity index (χ0n) is 11.0. The van der Waals surface area contributed by atoms with E-state index in [1.165, 1.54) is 12.8 Å². The Labute approximate surface area is 104 Å². The Bertz CT molecular complexity index is 277. The van der Waals surface area contributed by atoms with E-state index in [1.54, 1.807) is 0 Å². The van der Waals surface area contributed by atoms with Crippen molar-refractivity contribution in [2.24, 2.45) is 0 Å². The molecular weight excluding hydrogens is 214 g/mol. The van der Waals surface area contributed by atoms with Crippen molar-refractivity contribution in [1.29, 1.82) is 5.26 Å². The first kappa shape index (κ1) is 14.0. The summed E-state index contributed by atoms with van der Waals surface area (Å²) in [5, 5.41) is 8.74. The summed E-state index contributed by atoms with van der Waals surface area (Å²) in [4.78, 5) is 16.2. The molecule has 0 aliphatic carbocycles.